The van der Waals surface area contributed by atoms with E-state index in [9.17, 15) is 48.4 Å². The fraction of sp³-hybridized carbons (Fsp3) is 0.364. The summed E-state index contributed by atoms with van der Waals surface area (Å²) in [6.07, 6.45) is -5.36. The third kappa shape index (κ3) is 7.18. The van der Waals surface area contributed by atoms with Crippen molar-refractivity contribution in [3.8, 4) is 28.6 Å². The number of carbonyl (C=O) groups is 3. The van der Waals surface area contributed by atoms with E-state index in [1.54, 1.807) is 13.0 Å². The fourth-order valence-corrected chi connectivity index (χ4v) is 5.45. The van der Waals surface area contributed by atoms with E-state index in [-0.39, 0.29) is 52.6 Å². The van der Waals surface area contributed by atoms with Gasteiger partial charge in [0.15, 0.2) is 11.9 Å². The Balaban J connectivity index is 1.32. The Kier molecular flexibility index (Phi) is 10.7. The molecule has 1 saturated heterocycles. The number of aliphatic hydroxyl groups excluding tert-OH is 2. The number of ether oxygens (including phenoxy) is 1. The van der Waals surface area contributed by atoms with Crippen LogP contribution < -0.4 is 21.6 Å². The number of amides is 3. The summed E-state index contributed by atoms with van der Waals surface area (Å²) < 4.78 is 35.7. The molecule has 2 aromatic heterocycles. The van der Waals surface area contributed by atoms with Gasteiger partial charge < -0.3 is 41.1 Å². The smallest absolute Gasteiger partial charge is 0.351 e. The molecular formula is C33H36F2N8O9. The summed E-state index contributed by atoms with van der Waals surface area (Å²) >= 11 is 0. The Labute approximate surface area is 293 Å². The number of hydrogen-bond acceptors (Lipinski definition) is 12. The summed E-state index contributed by atoms with van der Waals surface area (Å²) in [5, 5.41) is 55.7. The van der Waals surface area contributed by atoms with Gasteiger partial charge in [0.1, 0.15) is 29.5 Å². The Morgan fingerprint density at radius 1 is 1.02 bits per heavy atom. The summed E-state index contributed by atoms with van der Waals surface area (Å²) in [6.45, 7) is 6.15. The molecule has 1 aliphatic heterocycles. The van der Waals surface area contributed by atoms with E-state index < -0.39 is 60.4 Å². The molecule has 2 aromatic carbocycles. The minimum Gasteiger partial charge on any atom is -0.508 e. The molecule has 0 aliphatic carbocycles. The standard InChI is InChI=1S/C33H36F2N8O9/c1-5-36-30(50)27-41-40-26(20-12-19(15(2)3)21(45)13-22(20)46)43(27)18-8-6-17(7-9-18)29(49)37-16(4)28(48)38-24-10-11-42(32(51)39-24)31-33(34,35)25(47)23(14-44)52-31/h6-13,15-16,23,25,31,44-47H,5,14H2,1-4H3,(H,36,50)(H,37,49)(H,38,39,48,51)/t16-,23+,25?,31+/m0/s1. The van der Waals surface area contributed by atoms with Crippen LogP contribution >= 0.6 is 0 Å². The van der Waals surface area contributed by atoms with Crippen LogP contribution in [-0.4, -0.2) is 99.8 Å². The van der Waals surface area contributed by atoms with E-state index in [2.05, 4.69) is 31.1 Å². The number of hydrogen-bond donors (Lipinski definition) is 7. The molecule has 3 heterocycles. The van der Waals surface area contributed by atoms with Crippen molar-refractivity contribution in [1.29, 1.82) is 0 Å². The maximum absolute atomic E-state index is 14.5. The monoisotopic (exact) mass is 726 g/mol. The molecule has 1 aliphatic rings. The van der Waals surface area contributed by atoms with Crippen molar-refractivity contribution in [2.24, 2.45) is 0 Å². The van der Waals surface area contributed by atoms with E-state index in [1.165, 1.54) is 41.8 Å². The number of anilines is 1. The first-order chi connectivity index (χ1) is 24.6. The molecule has 52 heavy (non-hydrogen) atoms. The van der Waals surface area contributed by atoms with Gasteiger partial charge >= 0.3 is 11.6 Å². The summed E-state index contributed by atoms with van der Waals surface area (Å²) in [5.74, 6) is -6.85. The molecule has 0 saturated carbocycles. The fourth-order valence-electron chi connectivity index (χ4n) is 5.45. The summed E-state index contributed by atoms with van der Waals surface area (Å²) in [6, 6.07) is 8.40. The van der Waals surface area contributed by atoms with Crippen LogP contribution in [0.1, 0.15) is 66.4 Å². The molecule has 1 unspecified atom stereocenters. The average Bonchev–Trinajstić information content (AvgIpc) is 3.63. The largest absolute Gasteiger partial charge is 0.508 e. The highest BCUT2D eigenvalue weighted by molar-refractivity contribution is 6.00. The third-order valence-electron chi connectivity index (χ3n) is 8.23. The van der Waals surface area contributed by atoms with Gasteiger partial charge in [-0.25, -0.2) is 4.79 Å². The minimum absolute atomic E-state index is 0.0841. The number of halogens is 2. The van der Waals surface area contributed by atoms with Crippen molar-refractivity contribution in [2.75, 3.05) is 18.5 Å². The van der Waals surface area contributed by atoms with Crippen LogP contribution in [0, 0.1) is 0 Å². The first-order valence-corrected chi connectivity index (χ1v) is 16.0. The van der Waals surface area contributed by atoms with Gasteiger partial charge in [-0.2, -0.15) is 13.8 Å². The van der Waals surface area contributed by atoms with Crippen molar-refractivity contribution >= 4 is 23.5 Å². The van der Waals surface area contributed by atoms with Gasteiger partial charge in [0.25, 0.3) is 11.8 Å². The Morgan fingerprint density at radius 2 is 1.71 bits per heavy atom. The second-order valence-electron chi connectivity index (χ2n) is 12.2. The molecule has 0 spiro atoms. The Hall–Kier alpha value is -5.79. The van der Waals surface area contributed by atoms with Crippen molar-refractivity contribution in [1.82, 2.24) is 34.9 Å². The van der Waals surface area contributed by atoms with Gasteiger partial charge in [0, 0.05) is 30.1 Å². The second kappa shape index (κ2) is 14.8. The number of nitrogens with zero attached hydrogens (tertiary/aromatic N) is 5. The van der Waals surface area contributed by atoms with E-state index in [0.717, 1.165) is 12.3 Å². The SMILES string of the molecule is CCNC(=O)c1nnc(-c2cc(C(C)C)c(O)cc2O)n1-c1ccc(C(=O)N[C@@H](C)C(=O)Nc2ccn([C@@H]3O[C@H](CO)C(O)C3(F)F)c(=O)n2)cc1. The Morgan fingerprint density at radius 3 is 2.31 bits per heavy atom. The zero-order valence-electron chi connectivity index (χ0n) is 28.2. The minimum atomic E-state index is -3.92. The number of aliphatic hydroxyl groups is 2. The molecule has 3 amide bonds. The number of phenolic OH excluding ortho intramolecular Hbond substituents is 2. The molecule has 19 heteroatoms. The van der Waals surface area contributed by atoms with Crippen LogP contribution in [0.5, 0.6) is 11.5 Å². The maximum atomic E-state index is 14.5. The van der Waals surface area contributed by atoms with Gasteiger partial charge in [0.05, 0.1) is 12.2 Å². The van der Waals surface area contributed by atoms with E-state index in [1.807, 2.05) is 13.8 Å². The summed E-state index contributed by atoms with van der Waals surface area (Å²) in [7, 11) is 0. The number of alkyl halides is 2. The lowest BCUT2D eigenvalue weighted by atomic mass is 9.98. The van der Waals surface area contributed by atoms with E-state index in [4.69, 9.17) is 4.74 Å². The van der Waals surface area contributed by atoms with Crippen molar-refractivity contribution in [3.63, 3.8) is 0 Å². The number of carbonyl (C=O) groups excluding carboxylic acids is 3. The predicted octanol–water partition coefficient (Wildman–Crippen LogP) is 1.42. The van der Waals surface area contributed by atoms with Gasteiger partial charge in [-0.15, -0.1) is 10.2 Å². The van der Waals surface area contributed by atoms with Gasteiger partial charge in [-0.3, -0.25) is 23.5 Å². The summed E-state index contributed by atoms with van der Waals surface area (Å²) in [4.78, 5) is 55.0. The number of benzene rings is 2. The first kappa shape index (κ1) is 37.5. The molecule has 4 aromatic rings. The molecule has 5 rings (SSSR count). The summed E-state index contributed by atoms with van der Waals surface area (Å²) in [5.41, 5.74) is -0.0818. The topological polar surface area (TPSA) is 243 Å². The molecule has 1 fully saturated rings. The van der Waals surface area contributed by atoms with Crippen molar-refractivity contribution in [3.05, 3.63) is 76.1 Å². The zero-order valence-corrected chi connectivity index (χ0v) is 28.2. The zero-order chi connectivity index (χ0) is 38.1. The molecule has 7 N–H and O–H groups in total. The van der Waals surface area contributed by atoms with Gasteiger partial charge in [0.2, 0.25) is 18.0 Å². The molecule has 276 valence electrons. The highest BCUT2D eigenvalue weighted by atomic mass is 19.3. The Bertz CT molecular complexity index is 2050. The van der Waals surface area contributed by atoms with Crippen molar-refractivity contribution < 1.29 is 48.3 Å². The van der Waals surface area contributed by atoms with Crippen LogP contribution in [0.15, 0.2) is 53.5 Å². The number of aromatic nitrogens is 5. The van der Waals surface area contributed by atoms with Crippen molar-refractivity contribution in [2.45, 2.75) is 64.0 Å². The average molecular weight is 727 g/mol. The lowest BCUT2D eigenvalue weighted by molar-refractivity contribution is -0.141. The number of aromatic hydroxyl groups is 2. The quantitative estimate of drug-likeness (QED) is 0.116. The maximum Gasteiger partial charge on any atom is 0.351 e. The highest BCUT2D eigenvalue weighted by Crippen LogP contribution is 2.42. The van der Waals surface area contributed by atoms with Crippen LogP contribution in [0.4, 0.5) is 14.6 Å². The molecule has 0 bridgehead atoms. The van der Waals surface area contributed by atoms with Gasteiger partial charge in [-0.05, 0) is 61.7 Å². The second-order valence-corrected chi connectivity index (χ2v) is 12.2. The number of nitrogens with one attached hydrogen (secondary N) is 3. The lowest BCUT2D eigenvalue weighted by Crippen LogP contribution is -2.43. The number of phenols is 2. The van der Waals surface area contributed by atoms with Crippen LogP contribution in [-0.2, 0) is 9.53 Å². The molecule has 4 atom stereocenters. The number of rotatable bonds is 11. The van der Waals surface area contributed by atoms with Gasteiger partial charge in [-0.1, -0.05) is 13.8 Å². The lowest BCUT2D eigenvalue weighted by Gasteiger charge is -2.21. The highest BCUT2D eigenvalue weighted by Gasteiger charge is 2.59. The van der Waals surface area contributed by atoms with E-state index in [0.29, 0.717) is 15.8 Å². The molecule has 17 nitrogen and oxygen atoms in total. The first-order valence-electron chi connectivity index (χ1n) is 16.0. The third-order valence-corrected chi connectivity index (χ3v) is 8.23. The van der Waals surface area contributed by atoms with Crippen LogP contribution in [0.25, 0.3) is 17.1 Å². The van der Waals surface area contributed by atoms with Crippen LogP contribution in [0.2, 0.25) is 0 Å². The van der Waals surface area contributed by atoms with E-state index >= 15 is 0 Å². The normalized spacial score (nSPS) is 18.6. The van der Waals surface area contributed by atoms with Crippen LogP contribution in [0.3, 0.4) is 0 Å². The predicted molar refractivity (Wildman–Crippen MR) is 178 cm³/mol. The molecule has 0 radical (unpaired) electrons. The molecular weight excluding hydrogens is 690 g/mol.